The smallest absolute Gasteiger partial charge is 0.0291 e. The van der Waals surface area contributed by atoms with Crippen molar-refractivity contribution in [1.29, 1.82) is 0 Å². The lowest BCUT2D eigenvalue weighted by Crippen LogP contribution is -2.52. The second-order valence-corrected chi connectivity index (χ2v) is 4.59. The minimum atomic E-state index is 0.207. The molecule has 1 aliphatic rings. The molecule has 0 unspecified atom stereocenters. The van der Waals surface area contributed by atoms with E-state index < -0.39 is 0 Å². The predicted octanol–water partition coefficient (Wildman–Crippen LogP) is 1.10. The first-order chi connectivity index (χ1) is 6.17. The average Bonchev–Trinajstić information content (AvgIpc) is 2.31. The molecule has 1 aliphatic heterocycles. The monoisotopic (exact) mass is 185 g/mol. The quantitative estimate of drug-likeness (QED) is 0.511. The van der Waals surface area contributed by atoms with Crippen LogP contribution >= 0.6 is 0 Å². The van der Waals surface area contributed by atoms with Gasteiger partial charge in [0.1, 0.15) is 0 Å². The molecule has 1 rings (SSSR count). The highest BCUT2D eigenvalue weighted by molar-refractivity contribution is 4.84. The fraction of sp³-hybridized carbons (Fsp3) is 1.00. The maximum absolute atomic E-state index is 5.38. The average molecular weight is 185 g/mol. The Morgan fingerprint density at radius 3 is 2.15 bits per heavy atom. The molecule has 0 aromatic carbocycles. The van der Waals surface area contributed by atoms with Gasteiger partial charge in [-0.1, -0.05) is 12.8 Å². The third-order valence-corrected chi connectivity index (χ3v) is 3.00. The Morgan fingerprint density at radius 2 is 1.69 bits per heavy atom. The molecule has 0 amide bonds. The molecule has 0 aromatic rings. The van der Waals surface area contributed by atoms with Crippen LogP contribution in [-0.2, 0) is 0 Å². The highest BCUT2D eigenvalue weighted by Gasteiger charge is 2.26. The summed E-state index contributed by atoms with van der Waals surface area (Å²) in [5.74, 6) is 5.38. The Bertz CT molecular complexity index is 137. The molecule has 0 radical (unpaired) electrons. The van der Waals surface area contributed by atoms with Gasteiger partial charge in [0.2, 0.25) is 0 Å². The van der Waals surface area contributed by atoms with Gasteiger partial charge in [0.05, 0.1) is 0 Å². The zero-order valence-corrected chi connectivity index (χ0v) is 8.97. The van der Waals surface area contributed by atoms with Crippen molar-refractivity contribution >= 4 is 0 Å². The number of hydrazine groups is 1. The summed E-state index contributed by atoms with van der Waals surface area (Å²) in [5, 5.41) is 0. The molecule has 3 nitrogen and oxygen atoms in total. The zero-order chi connectivity index (χ0) is 9.73. The normalized spacial score (nSPS) is 21.5. The van der Waals surface area contributed by atoms with Gasteiger partial charge >= 0.3 is 0 Å². The third kappa shape index (κ3) is 3.25. The van der Waals surface area contributed by atoms with Crippen molar-refractivity contribution in [3.8, 4) is 0 Å². The summed E-state index contributed by atoms with van der Waals surface area (Å²) in [4.78, 5) is 2.56. The van der Waals surface area contributed by atoms with Crippen molar-refractivity contribution in [2.75, 3.05) is 19.6 Å². The largest absolute Gasteiger partial charge is 0.297 e. The van der Waals surface area contributed by atoms with Crippen molar-refractivity contribution in [1.82, 2.24) is 10.3 Å². The Balaban J connectivity index is 2.46. The first-order valence-corrected chi connectivity index (χ1v) is 5.35. The van der Waals surface area contributed by atoms with Crippen molar-refractivity contribution < 1.29 is 0 Å². The van der Waals surface area contributed by atoms with Crippen LogP contribution in [0.1, 0.15) is 39.5 Å². The lowest BCUT2D eigenvalue weighted by atomic mass is 10.0. The number of nitrogens with one attached hydrogen (secondary N) is 1. The topological polar surface area (TPSA) is 41.3 Å². The molecule has 0 aromatic heterocycles. The predicted molar refractivity (Wildman–Crippen MR) is 56.3 cm³/mol. The van der Waals surface area contributed by atoms with E-state index in [1.807, 2.05) is 0 Å². The molecule has 1 fully saturated rings. The molecular weight excluding hydrogens is 162 g/mol. The molecule has 3 N–H and O–H groups in total. The summed E-state index contributed by atoms with van der Waals surface area (Å²) in [7, 11) is 0. The van der Waals surface area contributed by atoms with Gasteiger partial charge in [-0.25, -0.2) is 0 Å². The molecule has 1 saturated heterocycles. The summed E-state index contributed by atoms with van der Waals surface area (Å²) in [6.07, 6.45) is 5.47. The minimum Gasteiger partial charge on any atom is -0.297 e. The van der Waals surface area contributed by atoms with Crippen molar-refractivity contribution in [3.05, 3.63) is 0 Å². The van der Waals surface area contributed by atoms with E-state index in [1.165, 1.54) is 38.8 Å². The van der Waals surface area contributed by atoms with Crippen LogP contribution in [0.2, 0.25) is 0 Å². The lowest BCUT2D eigenvalue weighted by molar-refractivity contribution is 0.123. The minimum absolute atomic E-state index is 0.207. The maximum Gasteiger partial charge on any atom is 0.0291 e. The van der Waals surface area contributed by atoms with Gasteiger partial charge in [-0.05, 0) is 39.8 Å². The summed E-state index contributed by atoms with van der Waals surface area (Å²) in [5.41, 5.74) is 2.99. The summed E-state index contributed by atoms with van der Waals surface area (Å²) in [6, 6.07) is 0. The first kappa shape index (κ1) is 11.0. The van der Waals surface area contributed by atoms with E-state index in [-0.39, 0.29) is 5.54 Å². The van der Waals surface area contributed by atoms with E-state index in [0.29, 0.717) is 0 Å². The van der Waals surface area contributed by atoms with Crippen LogP contribution < -0.4 is 11.3 Å². The molecule has 0 aliphatic carbocycles. The number of nitrogens with two attached hydrogens (primary N) is 1. The van der Waals surface area contributed by atoms with Crippen molar-refractivity contribution in [3.63, 3.8) is 0 Å². The Kier molecular flexibility index (Phi) is 4.16. The molecule has 0 spiro atoms. The van der Waals surface area contributed by atoms with Crippen molar-refractivity contribution in [2.45, 2.75) is 45.1 Å². The second-order valence-electron chi connectivity index (χ2n) is 4.59. The Morgan fingerprint density at radius 1 is 1.15 bits per heavy atom. The molecule has 13 heavy (non-hydrogen) atoms. The van der Waals surface area contributed by atoms with Gasteiger partial charge in [-0.3, -0.25) is 16.2 Å². The van der Waals surface area contributed by atoms with Crippen molar-refractivity contribution in [2.24, 2.45) is 5.84 Å². The third-order valence-electron chi connectivity index (χ3n) is 3.00. The van der Waals surface area contributed by atoms with E-state index in [9.17, 15) is 0 Å². The lowest BCUT2D eigenvalue weighted by Gasteiger charge is -2.37. The zero-order valence-electron chi connectivity index (χ0n) is 8.97. The van der Waals surface area contributed by atoms with Crippen LogP contribution in [0.25, 0.3) is 0 Å². The fourth-order valence-electron chi connectivity index (χ4n) is 2.04. The maximum atomic E-state index is 5.38. The van der Waals surface area contributed by atoms with E-state index >= 15 is 0 Å². The molecule has 1 heterocycles. The summed E-state index contributed by atoms with van der Waals surface area (Å²) in [6.45, 7) is 7.85. The summed E-state index contributed by atoms with van der Waals surface area (Å²) < 4.78 is 0. The molecule has 3 heteroatoms. The Labute approximate surface area is 81.6 Å². The molecule has 0 bridgehead atoms. The van der Waals surface area contributed by atoms with Gasteiger partial charge in [0.15, 0.2) is 0 Å². The molecule has 0 saturated carbocycles. The Hall–Kier alpha value is -0.120. The van der Waals surface area contributed by atoms with Gasteiger partial charge in [0.25, 0.3) is 0 Å². The first-order valence-electron chi connectivity index (χ1n) is 5.35. The second kappa shape index (κ2) is 4.94. The number of rotatable bonds is 3. The highest BCUT2D eigenvalue weighted by Crippen LogP contribution is 2.19. The number of likely N-dealkylation sites (tertiary alicyclic amines) is 1. The van der Waals surface area contributed by atoms with Crippen LogP contribution in [-0.4, -0.2) is 30.1 Å². The SMILES string of the molecule is CC(C)(CNN)N1CCCCCC1. The standard InChI is InChI=1S/C10H23N3/c1-10(2,9-12-11)13-7-5-3-4-6-8-13/h12H,3-9,11H2,1-2H3. The molecule has 0 atom stereocenters. The van der Waals surface area contributed by atoms with Crippen LogP contribution in [0, 0.1) is 0 Å². The number of hydrogen-bond donors (Lipinski definition) is 2. The van der Waals surface area contributed by atoms with Gasteiger partial charge < -0.3 is 0 Å². The number of hydrogen-bond acceptors (Lipinski definition) is 3. The highest BCUT2D eigenvalue weighted by atomic mass is 15.3. The molecule has 78 valence electrons. The summed E-state index contributed by atoms with van der Waals surface area (Å²) >= 11 is 0. The van der Waals surface area contributed by atoms with Crippen LogP contribution in [0.4, 0.5) is 0 Å². The van der Waals surface area contributed by atoms with Crippen LogP contribution in [0.3, 0.4) is 0 Å². The van der Waals surface area contributed by atoms with E-state index in [1.54, 1.807) is 0 Å². The fourth-order valence-corrected chi connectivity index (χ4v) is 2.04. The van der Waals surface area contributed by atoms with Crippen LogP contribution in [0.15, 0.2) is 0 Å². The van der Waals surface area contributed by atoms with E-state index in [4.69, 9.17) is 5.84 Å². The van der Waals surface area contributed by atoms with E-state index in [2.05, 4.69) is 24.2 Å². The molecular formula is C10H23N3. The number of nitrogens with zero attached hydrogens (tertiary/aromatic N) is 1. The van der Waals surface area contributed by atoms with Gasteiger partial charge in [-0.2, -0.15) is 0 Å². The van der Waals surface area contributed by atoms with Gasteiger partial charge in [0, 0.05) is 12.1 Å². The van der Waals surface area contributed by atoms with Crippen LogP contribution in [0.5, 0.6) is 0 Å². The van der Waals surface area contributed by atoms with Gasteiger partial charge in [-0.15, -0.1) is 0 Å². The van der Waals surface area contributed by atoms with E-state index in [0.717, 1.165) is 6.54 Å².